The minimum atomic E-state index is -1.39. The van der Waals surface area contributed by atoms with Gasteiger partial charge in [-0.15, -0.1) is 0 Å². The van der Waals surface area contributed by atoms with Gasteiger partial charge in [-0.3, -0.25) is 24.0 Å². The number of hydrogen-bond acceptors (Lipinski definition) is 9. The van der Waals surface area contributed by atoms with Gasteiger partial charge in [0.2, 0.25) is 5.91 Å². The summed E-state index contributed by atoms with van der Waals surface area (Å²) in [6, 6.07) is 17.4. The molecule has 0 radical (unpaired) electrons. The lowest BCUT2D eigenvalue weighted by molar-refractivity contribution is -0.132. The third kappa shape index (κ3) is 8.70. The molecule has 1 unspecified atom stereocenters. The van der Waals surface area contributed by atoms with Crippen molar-refractivity contribution >= 4 is 58.1 Å². The minimum absolute atomic E-state index is 0.00392. The fourth-order valence-electron chi connectivity index (χ4n) is 9.57. The summed E-state index contributed by atoms with van der Waals surface area (Å²) in [5.41, 5.74) is -0.367. The molecule has 4 aromatic rings. The number of carboxylic acid groups (broad SMARTS) is 2. The number of benzene rings is 4. The van der Waals surface area contributed by atoms with E-state index in [1.165, 1.54) is 57.4 Å². The standard InChI is InChI=1S/C44H43N3O11/c1-23(48)57-33-14-29-15-35(36(17-34(29)38(16-33)58-24(2)49)40(51)46-22-44-18-25-8-26(19-44)10-27(9-25)20-44)39(50)45-21-37(28-6-4-3-5-7-28)41(52)47-32-12-30(42(53)54)11-31(13-32)43(55)56/h3-7,11-17,25-27,37H,8-10,18-22H2,1-2H3,(H,45,50)(H,46,51)(H,47,52)(H,53,54)(H,55,56). The Morgan fingerprint density at radius 3 is 1.84 bits per heavy atom. The Bertz CT molecular complexity index is 2290. The molecule has 4 fully saturated rings. The molecule has 4 bridgehead atoms. The molecule has 0 spiro atoms. The Balaban J connectivity index is 1.21. The van der Waals surface area contributed by atoms with Crippen LogP contribution >= 0.6 is 0 Å². The van der Waals surface area contributed by atoms with Crippen molar-refractivity contribution in [3.63, 3.8) is 0 Å². The summed E-state index contributed by atoms with van der Waals surface area (Å²) in [5.74, 6) is -5.02. The van der Waals surface area contributed by atoms with E-state index < -0.39 is 47.5 Å². The maximum atomic E-state index is 14.3. The highest BCUT2D eigenvalue weighted by atomic mass is 16.5. The van der Waals surface area contributed by atoms with Crippen molar-refractivity contribution in [2.45, 2.75) is 58.3 Å². The molecule has 0 aliphatic heterocycles. The van der Waals surface area contributed by atoms with E-state index in [0.717, 1.165) is 37.5 Å². The first-order valence-electron chi connectivity index (χ1n) is 19.2. The number of carbonyl (C=O) groups excluding carboxylic acids is 5. The van der Waals surface area contributed by atoms with Crippen LogP contribution in [-0.2, 0) is 14.4 Å². The molecule has 4 saturated carbocycles. The Hall–Kier alpha value is -6.57. The SMILES string of the molecule is CC(=O)Oc1cc(OC(C)=O)c2cc(C(=O)NCC34CC5CC(CC(C5)C3)C4)c(C(=O)NCC(C(=O)Nc3cc(C(=O)O)cc(C(=O)O)c3)c3ccccc3)cc2c1. The monoisotopic (exact) mass is 789 g/mol. The van der Waals surface area contributed by atoms with Crippen molar-refractivity contribution in [2.24, 2.45) is 23.2 Å². The highest BCUT2D eigenvalue weighted by Crippen LogP contribution is 2.59. The number of aromatic carboxylic acids is 2. The normalized spacial score (nSPS) is 20.8. The second kappa shape index (κ2) is 16.1. The van der Waals surface area contributed by atoms with Gasteiger partial charge in [0.05, 0.1) is 28.2 Å². The van der Waals surface area contributed by atoms with Crippen molar-refractivity contribution in [3.8, 4) is 11.5 Å². The van der Waals surface area contributed by atoms with E-state index in [1.807, 2.05) is 0 Å². The van der Waals surface area contributed by atoms with Gasteiger partial charge in [-0.05, 0) is 109 Å². The van der Waals surface area contributed by atoms with Gasteiger partial charge in [0.1, 0.15) is 11.5 Å². The first kappa shape index (κ1) is 39.7. The lowest BCUT2D eigenvalue weighted by atomic mass is 9.49. The summed E-state index contributed by atoms with van der Waals surface area (Å²) in [5, 5.41) is 28.3. The second-order valence-corrected chi connectivity index (χ2v) is 15.9. The van der Waals surface area contributed by atoms with Gasteiger partial charge in [0.25, 0.3) is 11.8 Å². The number of ether oxygens (including phenoxy) is 2. The van der Waals surface area contributed by atoms with Crippen LogP contribution in [0.2, 0.25) is 0 Å². The predicted octanol–water partition coefficient (Wildman–Crippen LogP) is 6.19. The molecular weight excluding hydrogens is 746 g/mol. The number of esters is 2. The number of anilines is 1. The topological polar surface area (TPSA) is 214 Å². The largest absolute Gasteiger partial charge is 0.478 e. The molecule has 4 aliphatic carbocycles. The highest BCUT2D eigenvalue weighted by molar-refractivity contribution is 6.12. The maximum absolute atomic E-state index is 14.3. The first-order chi connectivity index (χ1) is 27.6. The number of fused-ring (bicyclic) bond motifs is 1. The molecule has 58 heavy (non-hydrogen) atoms. The van der Waals surface area contributed by atoms with E-state index >= 15 is 0 Å². The summed E-state index contributed by atoms with van der Waals surface area (Å²) in [7, 11) is 0. The number of rotatable bonds is 13. The lowest BCUT2D eigenvalue weighted by Crippen LogP contribution is -2.51. The van der Waals surface area contributed by atoms with Gasteiger partial charge in [-0.1, -0.05) is 30.3 Å². The summed E-state index contributed by atoms with van der Waals surface area (Å²) in [6.45, 7) is 2.56. The molecule has 14 heteroatoms. The summed E-state index contributed by atoms with van der Waals surface area (Å²) < 4.78 is 10.8. The third-order valence-corrected chi connectivity index (χ3v) is 11.5. The van der Waals surface area contributed by atoms with Gasteiger partial charge < -0.3 is 35.6 Å². The Morgan fingerprint density at radius 1 is 0.707 bits per heavy atom. The van der Waals surface area contributed by atoms with Crippen molar-refractivity contribution in [1.82, 2.24) is 10.6 Å². The van der Waals surface area contributed by atoms with Crippen molar-refractivity contribution in [2.75, 3.05) is 18.4 Å². The minimum Gasteiger partial charge on any atom is -0.478 e. The Morgan fingerprint density at radius 2 is 1.28 bits per heavy atom. The second-order valence-electron chi connectivity index (χ2n) is 15.9. The van der Waals surface area contributed by atoms with Crippen LogP contribution in [0.1, 0.15) is 105 Å². The molecule has 1 atom stereocenters. The predicted molar refractivity (Wildman–Crippen MR) is 210 cm³/mol. The molecule has 4 aliphatic rings. The fraction of sp³-hybridized carbons (Fsp3) is 0.341. The molecule has 0 heterocycles. The molecule has 5 N–H and O–H groups in total. The third-order valence-electron chi connectivity index (χ3n) is 11.5. The number of carbonyl (C=O) groups is 7. The van der Waals surface area contributed by atoms with Gasteiger partial charge >= 0.3 is 23.9 Å². The van der Waals surface area contributed by atoms with E-state index in [9.17, 15) is 43.8 Å². The van der Waals surface area contributed by atoms with E-state index in [-0.39, 0.29) is 51.4 Å². The summed E-state index contributed by atoms with van der Waals surface area (Å²) >= 11 is 0. The van der Waals surface area contributed by atoms with Crippen LogP contribution < -0.4 is 25.4 Å². The van der Waals surface area contributed by atoms with Gasteiger partial charge in [0, 0.05) is 44.1 Å². The molecule has 14 nitrogen and oxygen atoms in total. The molecular formula is C44H43N3O11. The summed E-state index contributed by atoms with van der Waals surface area (Å²) in [4.78, 5) is 89.9. The zero-order valence-corrected chi connectivity index (χ0v) is 32.0. The molecule has 8 rings (SSSR count). The molecule has 4 aromatic carbocycles. The quantitative estimate of drug-likeness (QED) is 0.0761. The van der Waals surface area contributed by atoms with E-state index in [0.29, 0.717) is 40.6 Å². The fourth-order valence-corrected chi connectivity index (χ4v) is 9.57. The number of carboxylic acids is 2. The van der Waals surface area contributed by atoms with Crippen LogP contribution in [-0.4, -0.2) is 64.9 Å². The van der Waals surface area contributed by atoms with Crippen molar-refractivity contribution in [1.29, 1.82) is 0 Å². The number of hydrogen-bond donors (Lipinski definition) is 5. The first-order valence-corrected chi connectivity index (χ1v) is 19.2. The van der Waals surface area contributed by atoms with Crippen LogP contribution in [0.25, 0.3) is 10.8 Å². The summed E-state index contributed by atoms with van der Waals surface area (Å²) in [6.07, 6.45) is 6.83. The van der Waals surface area contributed by atoms with Crippen molar-refractivity contribution in [3.05, 3.63) is 101 Å². The van der Waals surface area contributed by atoms with Gasteiger partial charge in [-0.2, -0.15) is 0 Å². The molecule has 0 aromatic heterocycles. The maximum Gasteiger partial charge on any atom is 0.335 e. The van der Waals surface area contributed by atoms with E-state index in [1.54, 1.807) is 30.3 Å². The smallest absolute Gasteiger partial charge is 0.335 e. The van der Waals surface area contributed by atoms with Crippen LogP contribution in [0.15, 0.2) is 72.8 Å². The Kier molecular flexibility index (Phi) is 11.0. The van der Waals surface area contributed by atoms with Crippen LogP contribution in [0.5, 0.6) is 11.5 Å². The van der Waals surface area contributed by atoms with E-state index in [2.05, 4.69) is 16.0 Å². The zero-order chi connectivity index (χ0) is 41.3. The van der Waals surface area contributed by atoms with E-state index in [4.69, 9.17) is 9.47 Å². The Labute approximate surface area is 333 Å². The van der Waals surface area contributed by atoms with Crippen molar-refractivity contribution < 1.29 is 53.2 Å². The average molecular weight is 790 g/mol. The zero-order valence-electron chi connectivity index (χ0n) is 32.0. The van der Waals surface area contributed by atoms with Gasteiger partial charge in [0.15, 0.2) is 0 Å². The van der Waals surface area contributed by atoms with Crippen LogP contribution in [0, 0.1) is 23.2 Å². The molecule has 300 valence electrons. The molecule has 0 saturated heterocycles. The lowest BCUT2D eigenvalue weighted by Gasteiger charge is -2.56. The van der Waals surface area contributed by atoms with Crippen LogP contribution in [0.3, 0.4) is 0 Å². The number of nitrogens with one attached hydrogen (secondary N) is 3. The highest BCUT2D eigenvalue weighted by Gasteiger charge is 2.50. The van der Waals surface area contributed by atoms with Gasteiger partial charge in [-0.25, -0.2) is 9.59 Å². The molecule has 3 amide bonds. The number of amides is 3. The van der Waals surface area contributed by atoms with Crippen LogP contribution in [0.4, 0.5) is 5.69 Å². The average Bonchev–Trinajstić information content (AvgIpc) is 3.15.